The van der Waals surface area contributed by atoms with Gasteiger partial charge in [-0.05, 0) is 31.9 Å². The van der Waals surface area contributed by atoms with E-state index in [2.05, 4.69) is 39.7 Å². The minimum absolute atomic E-state index is 0. The summed E-state index contributed by atoms with van der Waals surface area (Å²) in [5.74, 6) is 2.25. The lowest BCUT2D eigenvalue weighted by molar-refractivity contribution is 0.463. The number of aryl methyl sites for hydroxylation is 3. The molecule has 5 nitrogen and oxygen atoms in total. The minimum Gasteiger partial charge on any atom is -0.444 e. The van der Waals surface area contributed by atoms with Gasteiger partial charge in [-0.15, -0.1) is 24.0 Å². The Hall–Kier alpha value is -1.57. The Morgan fingerprint density at radius 1 is 1.14 bits per heavy atom. The highest BCUT2D eigenvalue weighted by molar-refractivity contribution is 14.0. The number of hydrogen-bond donors (Lipinski definition) is 2. The molecule has 0 bridgehead atoms. The van der Waals surface area contributed by atoms with Gasteiger partial charge in [-0.3, -0.25) is 4.99 Å². The van der Waals surface area contributed by atoms with Gasteiger partial charge in [0.25, 0.3) is 0 Å². The maximum absolute atomic E-state index is 5.53. The molecule has 0 unspecified atom stereocenters. The van der Waals surface area contributed by atoms with E-state index in [9.17, 15) is 0 Å². The number of hydrogen-bond acceptors (Lipinski definition) is 3. The average molecular weight is 414 g/mol. The zero-order valence-electron chi connectivity index (χ0n) is 13.4. The number of rotatable bonds is 4. The molecule has 0 spiro atoms. The number of guanidine groups is 1. The molecule has 0 aliphatic heterocycles. The van der Waals surface area contributed by atoms with E-state index in [1.807, 2.05) is 26.0 Å². The van der Waals surface area contributed by atoms with Crippen LogP contribution in [0.3, 0.4) is 0 Å². The number of nitrogens with one attached hydrogen (secondary N) is 2. The van der Waals surface area contributed by atoms with E-state index in [1.165, 1.54) is 11.1 Å². The van der Waals surface area contributed by atoms with Crippen molar-refractivity contribution in [2.24, 2.45) is 4.99 Å². The Morgan fingerprint density at radius 2 is 1.82 bits per heavy atom. The monoisotopic (exact) mass is 414 g/mol. The number of aromatic nitrogens is 1. The van der Waals surface area contributed by atoms with Crippen LogP contribution < -0.4 is 10.6 Å². The summed E-state index contributed by atoms with van der Waals surface area (Å²) in [5, 5.41) is 6.49. The molecule has 2 rings (SSSR count). The van der Waals surface area contributed by atoms with Crippen LogP contribution >= 0.6 is 24.0 Å². The zero-order chi connectivity index (χ0) is 15.2. The molecule has 0 aliphatic rings. The van der Waals surface area contributed by atoms with Gasteiger partial charge in [0.1, 0.15) is 5.76 Å². The van der Waals surface area contributed by atoms with E-state index in [-0.39, 0.29) is 24.0 Å². The summed E-state index contributed by atoms with van der Waals surface area (Å²) in [6, 6.07) is 8.29. The van der Waals surface area contributed by atoms with Crippen LogP contribution in [0.15, 0.2) is 33.7 Å². The van der Waals surface area contributed by atoms with Gasteiger partial charge < -0.3 is 15.1 Å². The van der Waals surface area contributed by atoms with Gasteiger partial charge in [-0.1, -0.05) is 24.3 Å². The predicted octanol–water partition coefficient (Wildman–Crippen LogP) is 3.08. The molecule has 22 heavy (non-hydrogen) atoms. The Morgan fingerprint density at radius 3 is 2.41 bits per heavy atom. The van der Waals surface area contributed by atoms with Crippen LogP contribution in [0.1, 0.15) is 28.5 Å². The molecule has 0 saturated carbocycles. The summed E-state index contributed by atoms with van der Waals surface area (Å²) in [7, 11) is 1.75. The molecule has 0 saturated heterocycles. The molecule has 2 aromatic rings. The molecule has 0 fully saturated rings. The Kier molecular flexibility index (Phi) is 7.37. The van der Waals surface area contributed by atoms with Crippen molar-refractivity contribution < 1.29 is 4.42 Å². The van der Waals surface area contributed by atoms with Crippen LogP contribution in [-0.4, -0.2) is 18.0 Å². The highest BCUT2D eigenvalue weighted by Gasteiger charge is 2.06. The minimum atomic E-state index is 0. The Labute approximate surface area is 148 Å². The molecule has 1 aromatic heterocycles. The van der Waals surface area contributed by atoms with E-state index >= 15 is 0 Å². The molecular formula is C16H23IN4O. The number of oxazole rings is 1. The molecule has 0 amide bonds. The summed E-state index contributed by atoms with van der Waals surface area (Å²) in [6.45, 7) is 7.20. The smallest absolute Gasteiger partial charge is 0.214 e. The lowest BCUT2D eigenvalue weighted by Crippen LogP contribution is -2.36. The van der Waals surface area contributed by atoms with Gasteiger partial charge in [0, 0.05) is 13.6 Å². The largest absolute Gasteiger partial charge is 0.444 e. The molecule has 0 radical (unpaired) electrons. The first kappa shape index (κ1) is 18.5. The maximum atomic E-state index is 5.53. The van der Waals surface area contributed by atoms with Gasteiger partial charge >= 0.3 is 0 Å². The highest BCUT2D eigenvalue weighted by atomic mass is 127. The summed E-state index contributed by atoms with van der Waals surface area (Å²) in [4.78, 5) is 8.54. The summed E-state index contributed by atoms with van der Waals surface area (Å²) >= 11 is 0. The van der Waals surface area contributed by atoms with Crippen LogP contribution in [-0.2, 0) is 13.1 Å². The van der Waals surface area contributed by atoms with Crippen molar-refractivity contribution in [3.8, 4) is 0 Å². The lowest BCUT2D eigenvalue weighted by Gasteiger charge is -2.12. The number of halogens is 1. The fraction of sp³-hybridized carbons (Fsp3) is 0.375. The fourth-order valence-electron chi connectivity index (χ4n) is 1.98. The Balaban J connectivity index is 0.00000242. The number of benzene rings is 1. The van der Waals surface area contributed by atoms with Crippen LogP contribution in [0.5, 0.6) is 0 Å². The standard InChI is InChI=1S/C16H22N4O.HI/c1-11-7-5-6-8-14(11)9-18-16(17-4)19-10-15-20-12(2)13(3)21-15;/h5-8H,9-10H2,1-4H3,(H2,17,18,19);1H. The van der Waals surface area contributed by atoms with Gasteiger partial charge in [-0.2, -0.15) is 0 Å². The maximum Gasteiger partial charge on any atom is 0.214 e. The van der Waals surface area contributed by atoms with Crippen LogP contribution in [0.2, 0.25) is 0 Å². The fourth-order valence-corrected chi connectivity index (χ4v) is 1.98. The molecule has 1 heterocycles. The van der Waals surface area contributed by atoms with E-state index in [0.717, 1.165) is 24.0 Å². The SMILES string of the molecule is CN=C(NCc1nc(C)c(C)o1)NCc1ccccc1C.I. The van der Waals surface area contributed by atoms with Gasteiger partial charge in [0.15, 0.2) is 5.96 Å². The molecule has 0 aliphatic carbocycles. The molecule has 2 N–H and O–H groups in total. The third-order valence-corrected chi connectivity index (χ3v) is 3.41. The van der Waals surface area contributed by atoms with Crippen molar-refractivity contribution in [1.82, 2.24) is 15.6 Å². The van der Waals surface area contributed by atoms with Gasteiger partial charge in [0.2, 0.25) is 5.89 Å². The second-order valence-electron chi connectivity index (χ2n) is 4.96. The summed E-state index contributed by atoms with van der Waals surface area (Å²) in [6.07, 6.45) is 0. The van der Waals surface area contributed by atoms with E-state index in [1.54, 1.807) is 7.05 Å². The molecule has 6 heteroatoms. The van der Waals surface area contributed by atoms with Crippen molar-refractivity contribution in [2.45, 2.75) is 33.9 Å². The quantitative estimate of drug-likeness (QED) is 0.459. The van der Waals surface area contributed by atoms with E-state index in [0.29, 0.717) is 12.4 Å². The second kappa shape index (κ2) is 8.77. The summed E-state index contributed by atoms with van der Waals surface area (Å²) < 4.78 is 5.53. The van der Waals surface area contributed by atoms with Crippen molar-refractivity contribution in [1.29, 1.82) is 0 Å². The van der Waals surface area contributed by atoms with Crippen molar-refractivity contribution in [3.05, 3.63) is 52.7 Å². The van der Waals surface area contributed by atoms with Gasteiger partial charge in [-0.25, -0.2) is 4.98 Å². The average Bonchev–Trinajstić information content (AvgIpc) is 2.79. The van der Waals surface area contributed by atoms with Crippen LogP contribution in [0.4, 0.5) is 0 Å². The highest BCUT2D eigenvalue weighted by Crippen LogP contribution is 2.08. The summed E-state index contributed by atoms with van der Waals surface area (Å²) in [5.41, 5.74) is 3.44. The van der Waals surface area contributed by atoms with Crippen molar-refractivity contribution >= 4 is 29.9 Å². The zero-order valence-corrected chi connectivity index (χ0v) is 15.8. The topological polar surface area (TPSA) is 62.5 Å². The molecule has 1 aromatic carbocycles. The normalized spacial score (nSPS) is 11.0. The number of nitrogens with zero attached hydrogens (tertiary/aromatic N) is 2. The van der Waals surface area contributed by atoms with Crippen molar-refractivity contribution in [3.63, 3.8) is 0 Å². The van der Waals surface area contributed by atoms with Crippen LogP contribution in [0, 0.1) is 20.8 Å². The van der Waals surface area contributed by atoms with E-state index in [4.69, 9.17) is 4.42 Å². The first-order valence-electron chi connectivity index (χ1n) is 7.02. The first-order chi connectivity index (χ1) is 10.1. The molecular weight excluding hydrogens is 391 g/mol. The third kappa shape index (κ3) is 5.01. The molecule has 120 valence electrons. The Bertz CT molecular complexity index is 617. The van der Waals surface area contributed by atoms with Crippen LogP contribution in [0.25, 0.3) is 0 Å². The molecule has 0 atom stereocenters. The number of aliphatic imine (C=N–C) groups is 1. The third-order valence-electron chi connectivity index (χ3n) is 3.41. The van der Waals surface area contributed by atoms with E-state index < -0.39 is 0 Å². The second-order valence-corrected chi connectivity index (χ2v) is 4.96. The lowest BCUT2D eigenvalue weighted by atomic mass is 10.1. The van der Waals surface area contributed by atoms with Gasteiger partial charge in [0.05, 0.1) is 12.2 Å². The first-order valence-corrected chi connectivity index (χ1v) is 7.02. The predicted molar refractivity (Wildman–Crippen MR) is 99.6 cm³/mol. The van der Waals surface area contributed by atoms with Crippen molar-refractivity contribution in [2.75, 3.05) is 7.05 Å².